The SMILES string of the molecule is CCNC(=NCc1nnc2ccccn12)NCC(c1ccc(OC)c(OC)c1)N(C)C. The van der Waals surface area contributed by atoms with Crippen molar-refractivity contribution in [3.05, 3.63) is 54.0 Å². The molecule has 0 saturated heterocycles. The van der Waals surface area contributed by atoms with Gasteiger partial charge in [0.05, 0.1) is 20.3 Å². The lowest BCUT2D eigenvalue weighted by atomic mass is 10.1. The van der Waals surface area contributed by atoms with E-state index in [-0.39, 0.29) is 6.04 Å². The van der Waals surface area contributed by atoms with E-state index in [4.69, 9.17) is 14.5 Å². The van der Waals surface area contributed by atoms with Gasteiger partial charge in [-0.25, -0.2) is 4.99 Å². The first-order chi connectivity index (χ1) is 15.1. The van der Waals surface area contributed by atoms with Crippen molar-refractivity contribution in [1.82, 2.24) is 30.1 Å². The molecule has 0 aliphatic rings. The Balaban J connectivity index is 1.74. The Morgan fingerprint density at radius 3 is 2.61 bits per heavy atom. The monoisotopic (exact) mass is 425 g/mol. The standard InChI is InChI=1S/C22H31N7O2/c1-6-23-22(25-15-21-27-26-20-9-7-8-12-29(20)21)24-14-17(28(2)3)16-10-11-18(30-4)19(13-16)31-5/h7-13,17H,6,14-15H2,1-5H3,(H2,23,24,25). The normalized spacial score (nSPS) is 12.8. The minimum absolute atomic E-state index is 0.109. The summed E-state index contributed by atoms with van der Waals surface area (Å²) < 4.78 is 12.8. The molecule has 0 bridgehead atoms. The van der Waals surface area contributed by atoms with Crippen LogP contribution in [-0.2, 0) is 6.54 Å². The van der Waals surface area contributed by atoms with Crippen molar-refractivity contribution < 1.29 is 9.47 Å². The van der Waals surface area contributed by atoms with Gasteiger partial charge in [0.1, 0.15) is 6.54 Å². The van der Waals surface area contributed by atoms with E-state index in [1.807, 2.05) is 47.9 Å². The first kappa shape index (κ1) is 22.4. The Kier molecular flexibility index (Phi) is 7.66. The van der Waals surface area contributed by atoms with Crippen molar-refractivity contribution in [1.29, 1.82) is 0 Å². The molecule has 3 aromatic rings. The number of fused-ring (bicyclic) bond motifs is 1. The van der Waals surface area contributed by atoms with Gasteiger partial charge >= 0.3 is 0 Å². The summed E-state index contributed by atoms with van der Waals surface area (Å²) >= 11 is 0. The van der Waals surface area contributed by atoms with Gasteiger partial charge in [-0.1, -0.05) is 12.1 Å². The van der Waals surface area contributed by atoms with E-state index in [9.17, 15) is 0 Å². The van der Waals surface area contributed by atoms with Crippen LogP contribution in [0.1, 0.15) is 24.4 Å². The number of hydrogen-bond acceptors (Lipinski definition) is 6. The predicted octanol–water partition coefficient (Wildman–Crippen LogP) is 2.10. The molecule has 1 aromatic carbocycles. The van der Waals surface area contributed by atoms with E-state index in [1.54, 1.807) is 14.2 Å². The van der Waals surface area contributed by atoms with Gasteiger partial charge < -0.3 is 25.0 Å². The molecule has 0 spiro atoms. The molecule has 0 radical (unpaired) electrons. The third-order valence-corrected chi connectivity index (χ3v) is 4.99. The van der Waals surface area contributed by atoms with Crippen LogP contribution in [0.15, 0.2) is 47.6 Å². The van der Waals surface area contributed by atoms with Crippen LogP contribution in [0.4, 0.5) is 0 Å². The fraction of sp³-hybridized carbons (Fsp3) is 0.409. The van der Waals surface area contributed by atoms with Gasteiger partial charge in [0.25, 0.3) is 0 Å². The Morgan fingerprint density at radius 1 is 1.10 bits per heavy atom. The molecule has 0 saturated carbocycles. The molecule has 0 aliphatic heterocycles. The van der Waals surface area contributed by atoms with Crippen molar-refractivity contribution in [2.75, 3.05) is 41.4 Å². The number of pyridine rings is 1. The molecule has 9 heteroatoms. The average molecular weight is 426 g/mol. The summed E-state index contributed by atoms with van der Waals surface area (Å²) in [6.45, 7) is 3.88. The zero-order valence-electron chi connectivity index (χ0n) is 18.8. The van der Waals surface area contributed by atoms with Crippen molar-refractivity contribution in [3.8, 4) is 11.5 Å². The second kappa shape index (κ2) is 10.6. The Labute approximate surface area is 183 Å². The lowest BCUT2D eigenvalue weighted by molar-refractivity contribution is 0.295. The minimum atomic E-state index is 0.109. The Hall–Kier alpha value is -3.33. The van der Waals surface area contributed by atoms with E-state index in [0.29, 0.717) is 24.6 Å². The number of ether oxygens (including phenoxy) is 2. The summed E-state index contributed by atoms with van der Waals surface area (Å²) in [6.07, 6.45) is 1.94. The largest absolute Gasteiger partial charge is 0.493 e. The van der Waals surface area contributed by atoms with E-state index in [2.05, 4.69) is 45.9 Å². The van der Waals surface area contributed by atoms with Gasteiger partial charge in [0.2, 0.25) is 0 Å². The van der Waals surface area contributed by atoms with Gasteiger partial charge in [-0.15, -0.1) is 10.2 Å². The zero-order valence-corrected chi connectivity index (χ0v) is 18.8. The van der Waals surface area contributed by atoms with Crippen LogP contribution < -0.4 is 20.1 Å². The average Bonchev–Trinajstić information content (AvgIpc) is 3.20. The third-order valence-electron chi connectivity index (χ3n) is 4.99. The molecule has 2 N–H and O–H groups in total. The van der Waals surface area contributed by atoms with Gasteiger partial charge in [0, 0.05) is 19.3 Å². The highest BCUT2D eigenvalue weighted by atomic mass is 16.5. The van der Waals surface area contributed by atoms with Crippen LogP contribution in [0.2, 0.25) is 0 Å². The van der Waals surface area contributed by atoms with Crippen LogP contribution in [0.3, 0.4) is 0 Å². The number of nitrogens with zero attached hydrogens (tertiary/aromatic N) is 5. The second-order valence-electron chi connectivity index (χ2n) is 7.21. The molecule has 31 heavy (non-hydrogen) atoms. The highest BCUT2D eigenvalue weighted by molar-refractivity contribution is 5.79. The number of rotatable bonds is 9. The molecule has 1 atom stereocenters. The number of guanidine groups is 1. The maximum Gasteiger partial charge on any atom is 0.191 e. The molecular weight excluding hydrogens is 394 g/mol. The first-order valence-corrected chi connectivity index (χ1v) is 10.3. The van der Waals surface area contributed by atoms with E-state index in [1.165, 1.54) is 0 Å². The smallest absolute Gasteiger partial charge is 0.191 e. The van der Waals surface area contributed by atoms with Crippen LogP contribution >= 0.6 is 0 Å². The fourth-order valence-corrected chi connectivity index (χ4v) is 3.34. The van der Waals surface area contributed by atoms with Crippen LogP contribution in [-0.4, -0.2) is 66.9 Å². The summed E-state index contributed by atoms with van der Waals surface area (Å²) in [5, 5.41) is 15.2. The van der Waals surface area contributed by atoms with Gasteiger partial charge in [0.15, 0.2) is 28.9 Å². The molecule has 0 fully saturated rings. The number of hydrogen-bond donors (Lipinski definition) is 2. The number of methoxy groups -OCH3 is 2. The van der Waals surface area contributed by atoms with Crippen LogP contribution in [0.25, 0.3) is 5.65 Å². The first-order valence-electron chi connectivity index (χ1n) is 10.3. The fourth-order valence-electron chi connectivity index (χ4n) is 3.34. The van der Waals surface area contributed by atoms with Crippen molar-refractivity contribution in [2.45, 2.75) is 19.5 Å². The van der Waals surface area contributed by atoms with Crippen molar-refractivity contribution in [3.63, 3.8) is 0 Å². The molecule has 166 valence electrons. The van der Waals surface area contributed by atoms with Gasteiger partial charge in [-0.2, -0.15) is 0 Å². The number of nitrogens with one attached hydrogen (secondary N) is 2. The highest BCUT2D eigenvalue weighted by Crippen LogP contribution is 2.31. The van der Waals surface area contributed by atoms with Crippen LogP contribution in [0.5, 0.6) is 11.5 Å². The summed E-state index contributed by atoms with van der Waals surface area (Å²) in [4.78, 5) is 6.86. The number of aromatic nitrogens is 3. The molecule has 2 aromatic heterocycles. The minimum Gasteiger partial charge on any atom is -0.493 e. The summed E-state index contributed by atoms with van der Waals surface area (Å²) in [5.41, 5.74) is 1.93. The third kappa shape index (κ3) is 5.43. The van der Waals surface area contributed by atoms with Crippen molar-refractivity contribution in [2.24, 2.45) is 4.99 Å². The second-order valence-corrected chi connectivity index (χ2v) is 7.21. The molecule has 0 aliphatic carbocycles. The topological polar surface area (TPSA) is 88.3 Å². The Morgan fingerprint density at radius 2 is 1.90 bits per heavy atom. The summed E-state index contributed by atoms with van der Waals surface area (Å²) in [7, 11) is 7.39. The Bertz CT molecular complexity index is 1020. The van der Waals surface area contributed by atoms with E-state index >= 15 is 0 Å². The number of aliphatic imine (C=N–C) groups is 1. The van der Waals surface area contributed by atoms with E-state index < -0.39 is 0 Å². The molecular formula is C22H31N7O2. The summed E-state index contributed by atoms with van der Waals surface area (Å²) in [6, 6.07) is 11.9. The van der Waals surface area contributed by atoms with Gasteiger partial charge in [-0.3, -0.25) is 4.40 Å². The zero-order chi connectivity index (χ0) is 22.2. The summed E-state index contributed by atoms with van der Waals surface area (Å²) in [5.74, 6) is 2.94. The molecule has 3 rings (SSSR count). The number of benzene rings is 1. The maximum atomic E-state index is 5.47. The molecule has 1 unspecified atom stereocenters. The van der Waals surface area contributed by atoms with Crippen molar-refractivity contribution >= 4 is 11.6 Å². The maximum absolute atomic E-state index is 5.47. The molecule has 9 nitrogen and oxygen atoms in total. The highest BCUT2D eigenvalue weighted by Gasteiger charge is 2.17. The molecule has 2 heterocycles. The number of likely N-dealkylation sites (N-methyl/N-ethyl adjacent to an activating group) is 1. The van der Waals surface area contributed by atoms with Crippen LogP contribution in [0, 0.1) is 0 Å². The lowest BCUT2D eigenvalue weighted by Gasteiger charge is -2.26. The quantitative estimate of drug-likeness (QED) is 0.401. The van der Waals surface area contributed by atoms with Gasteiger partial charge in [-0.05, 0) is 50.8 Å². The molecule has 0 amide bonds. The van der Waals surface area contributed by atoms with E-state index in [0.717, 1.165) is 29.5 Å². The lowest BCUT2D eigenvalue weighted by Crippen LogP contribution is -2.41. The predicted molar refractivity (Wildman–Crippen MR) is 122 cm³/mol.